The number of carbonyl (C=O) groups is 2. The van der Waals surface area contributed by atoms with E-state index in [1.165, 1.54) is 24.3 Å². The van der Waals surface area contributed by atoms with Gasteiger partial charge in [0, 0.05) is 43.5 Å². The van der Waals surface area contributed by atoms with Gasteiger partial charge in [-0.15, -0.1) is 0 Å². The molecule has 0 aromatic heterocycles. The molecule has 0 N–H and O–H groups in total. The zero-order valence-electron chi connectivity index (χ0n) is 15.8. The van der Waals surface area contributed by atoms with Crippen molar-refractivity contribution in [2.24, 2.45) is 0 Å². The number of amides is 2. The van der Waals surface area contributed by atoms with Crippen LogP contribution in [0.5, 0.6) is 0 Å². The van der Waals surface area contributed by atoms with Gasteiger partial charge in [0.15, 0.2) is 0 Å². The lowest BCUT2D eigenvalue weighted by atomic mass is 9.93. The highest BCUT2D eigenvalue weighted by molar-refractivity contribution is 6.41. The molecule has 0 radical (unpaired) electrons. The number of carbonyl (C=O) groups excluding carboxylic acids is 2. The van der Waals surface area contributed by atoms with E-state index in [1.807, 2.05) is 12.3 Å². The number of imide groups is 1. The molecule has 1 saturated heterocycles. The van der Waals surface area contributed by atoms with Gasteiger partial charge < -0.3 is 9.80 Å². The number of benzene rings is 2. The van der Waals surface area contributed by atoms with Crippen LogP contribution < -0.4 is 4.90 Å². The second kappa shape index (κ2) is 7.56. The number of hydrogen-bond acceptors (Lipinski definition) is 4. The maximum Gasteiger partial charge on any atom is 0.267 e. The molecule has 2 amide bonds. The lowest BCUT2D eigenvalue weighted by Crippen LogP contribution is -2.45. The summed E-state index contributed by atoms with van der Waals surface area (Å²) in [5, 5.41) is 0. The van der Waals surface area contributed by atoms with E-state index in [-0.39, 0.29) is 11.8 Å². The summed E-state index contributed by atoms with van der Waals surface area (Å²) in [5.41, 5.74) is 1.98. The van der Waals surface area contributed by atoms with E-state index in [9.17, 15) is 14.0 Å². The molecule has 2 aliphatic heterocycles. The summed E-state index contributed by atoms with van der Waals surface area (Å²) in [5.74, 6) is -1.18. The predicted octanol–water partition coefficient (Wildman–Crippen LogP) is 2.99. The van der Waals surface area contributed by atoms with Crippen LogP contribution in [0, 0.1) is 5.82 Å². The van der Waals surface area contributed by atoms with Gasteiger partial charge in [0.25, 0.3) is 11.8 Å². The molecule has 144 valence electrons. The number of fused-ring (bicyclic) bond motifs is 1. The van der Waals surface area contributed by atoms with Crippen LogP contribution >= 0.6 is 0 Å². The van der Waals surface area contributed by atoms with Crippen molar-refractivity contribution in [1.29, 1.82) is 0 Å². The summed E-state index contributed by atoms with van der Waals surface area (Å²) in [6.45, 7) is 6.70. The molecule has 28 heavy (non-hydrogen) atoms. The number of rotatable bonds is 3. The Bertz CT molecular complexity index is 931. The Balaban J connectivity index is 1.74. The number of likely N-dealkylation sites (N-methyl/N-ethyl adjacent to an activating group) is 1. The van der Waals surface area contributed by atoms with Gasteiger partial charge in [0.1, 0.15) is 5.82 Å². The summed E-state index contributed by atoms with van der Waals surface area (Å²) >= 11 is 0. The van der Waals surface area contributed by atoms with Crippen LogP contribution in [0.4, 0.5) is 10.1 Å². The summed E-state index contributed by atoms with van der Waals surface area (Å²) in [7, 11) is 0. The van der Waals surface area contributed by atoms with Crippen LogP contribution in [0.15, 0.2) is 54.7 Å². The van der Waals surface area contributed by atoms with Gasteiger partial charge in [-0.1, -0.05) is 25.1 Å². The van der Waals surface area contributed by atoms with E-state index in [0.717, 1.165) is 37.6 Å². The predicted molar refractivity (Wildman–Crippen MR) is 106 cm³/mol. The molecule has 0 aliphatic carbocycles. The fraction of sp³-hybridized carbons (Fsp3) is 0.273. The van der Waals surface area contributed by atoms with E-state index >= 15 is 0 Å². The molecule has 4 rings (SSSR count). The second-order valence-electron chi connectivity index (χ2n) is 6.98. The van der Waals surface area contributed by atoms with E-state index in [1.54, 1.807) is 18.2 Å². The fourth-order valence-electron chi connectivity index (χ4n) is 3.69. The maximum absolute atomic E-state index is 13.3. The molecule has 0 atom stereocenters. The third-order valence-corrected chi connectivity index (χ3v) is 5.33. The first-order chi connectivity index (χ1) is 13.6. The Morgan fingerprint density at radius 1 is 0.893 bits per heavy atom. The smallest absolute Gasteiger partial charge is 0.267 e. The summed E-state index contributed by atoms with van der Waals surface area (Å²) < 4.78 is 13.3. The van der Waals surface area contributed by atoms with Crippen LogP contribution in [-0.2, 0) is 4.79 Å². The highest BCUT2D eigenvalue weighted by Crippen LogP contribution is 2.32. The molecule has 0 bridgehead atoms. The summed E-state index contributed by atoms with van der Waals surface area (Å²) in [6, 6.07) is 12.6. The molecular weight excluding hydrogens is 357 g/mol. The van der Waals surface area contributed by atoms with Crippen molar-refractivity contribution in [3.63, 3.8) is 0 Å². The van der Waals surface area contributed by atoms with Crippen LogP contribution in [0.25, 0.3) is 5.57 Å². The van der Waals surface area contributed by atoms with Crippen LogP contribution in [0.1, 0.15) is 22.8 Å². The molecule has 1 fully saturated rings. The monoisotopic (exact) mass is 379 g/mol. The molecule has 0 saturated carbocycles. The van der Waals surface area contributed by atoms with Gasteiger partial charge in [-0.2, -0.15) is 0 Å². The molecule has 2 aromatic rings. The Morgan fingerprint density at radius 2 is 1.54 bits per heavy atom. The van der Waals surface area contributed by atoms with Gasteiger partial charge in [0.05, 0.1) is 11.3 Å². The fourth-order valence-corrected chi connectivity index (χ4v) is 3.69. The number of anilines is 1. The van der Waals surface area contributed by atoms with Crippen LogP contribution in [0.2, 0.25) is 0 Å². The number of halogens is 1. The van der Waals surface area contributed by atoms with Crippen molar-refractivity contribution in [3.8, 4) is 0 Å². The average molecular weight is 379 g/mol. The van der Waals surface area contributed by atoms with Crippen molar-refractivity contribution in [2.75, 3.05) is 37.6 Å². The first kappa shape index (κ1) is 18.4. The lowest BCUT2D eigenvalue weighted by Gasteiger charge is -2.35. The first-order valence-corrected chi connectivity index (χ1v) is 9.50. The Labute approximate surface area is 163 Å². The Kier molecular flexibility index (Phi) is 4.96. The van der Waals surface area contributed by atoms with Crippen molar-refractivity contribution >= 4 is 23.1 Å². The lowest BCUT2D eigenvalue weighted by molar-refractivity contribution is -0.112. The SMILES string of the molecule is CCN1CCN(C=C2C(=O)N(c3ccc(F)cc3)C(=O)c3ccccc32)CC1. The highest BCUT2D eigenvalue weighted by atomic mass is 19.1. The first-order valence-electron chi connectivity index (χ1n) is 9.50. The quantitative estimate of drug-likeness (QED) is 0.608. The number of piperazine rings is 1. The maximum atomic E-state index is 13.3. The zero-order valence-corrected chi connectivity index (χ0v) is 15.8. The van der Waals surface area contributed by atoms with Gasteiger partial charge >= 0.3 is 0 Å². The van der Waals surface area contributed by atoms with Crippen molar-refractivity contribution in [3.05, 3.63) is 71.7 Å². The standard InChI is InChI=1S/C22H22FN3O2/c1-2-24-11-13-25(14-12-24)15-20-18-5-3-4-6-19(18)21(27)26(22(20)28)17-9-7-16(23)8-10-17/h3-10,15H,2,11-14H2,1H3. The third-order valence-electron chi connectivity index (χ3n) is 5.33. The molecule has 0 spiro atoms. The van der Waals surface area contributed by atoms with Crippen molar-refractivity contribution < 1.29 is 14.0 Å². The van der Waals surface area contributed by atoms with E-state index in [2.05, 4.69) is 16.7 Å². The molecule has 2 aliphatic rings. The molecule has 2 heterocycles. The molecule has 5 nitrogen and oxygen atoms in total. The third kappa shape index (κ3) is 3.31. The Hall–Kier alpha value is -2.99. The van der Waals surface area contributed by atoms with Crippen LogP contribution in [0.3, 0.4) is 0 Å². The van der Waals surface area contributed by atoms with E-state index < -0.39 is 5.82 Å². The number of hydrogen-bond donors (Lipinski definition) is 0. The minimum Gasteiger partial charge on any atom is -0.374 e. The highest BCUT2D eigenvalue weighted by Gasteiger charge is 2.36. The normalized spacial score (nSPS) is 19.3. The van der Waals surface area contributed by atoms with Gasteiger partial charge in [-0.05, 0) is 36.9 Å². The van der Waals surface area contributed by atoms with Gasteiger partial charge in [0.2, 0.25) is 0 Å². The van der Waals surface area contributed by atoms with E-state index in [4.69, 9.17) is 0 Å². The van der Waals surface area contributed by atoms with Crippen LogP contribution in [-0.4, -0.2) is 54.3 Å². The summed E-state index contributed by atoms with van der Waals surface area (Å²) in [6.07, 6.45) is 1.87. The molecule has 6 heteroatoms. The van der Waals surface area contributed by atoms with Crippen molar-refractivity contribution in [2.45, 2.75) is 6.92 Å². The minimum absolute atomic E-state index is 0.368. The van der Waals surface area contributed by atoms with Gasteiger partial charge in [-0.25, -0.2) is 9.29 Å². The largest absolute Gasteiger partial charge is 0.374 e. The number of nitrogens with zero attached hydrogens (tertiary/aromatic N) is 3. The second-order valence-corrected chi connectivity index (χ2v) is 6.98. The molecule has 2 aromatic carbocycles. The molecular formula is C22H22FN3O2. The zero-order chi connectivity index (χ0) is 19.7. The average Bonchev–Trinajstić information content (AvgIpc) is 2.73. The summed E-state index contributed by atoms with van der Waals surface area (Å²) in [4.78, 5) is 31.9. The van der Waals surface area contributed by atoms with Crippen molar-refractivity contribution in [1.82, 2.24) is 9.80 Å². The van der Waals surface area contributed by atoms with Gasteiger partial charge in [-0.3, -0.25) is 9.59 Å². The van der Waals surface area contributed by atoms with E-state index in [0.29, 0.717) is 22.4 Å². The molecule has 0 unspecified atom stereocenters. The topological polar surface area (TPSA) is 43.9 Å². The Morgan fingerprint density at radius 3 is 2.18 bits per heavy atom. The minimum atomic E-state index is -0.411.